The number of esters is 1. The van der Waals surface area contributed by atoms with E-state index in [1.807, 2.05) is 48.7 Å². The average Bonchev–Trinajstić information content (AvgIpc) is 3.27. The minimum Gasteiger partial charge on any atom is -0.452 e. The van der Waals surface area contributed by atoms with Crippen LogP contribution in [-0.2, 0) is 14.3 Å². The molecule has 3 aromatic rings. The fraction of sp³-hybridized carbons (Fsp3) is 0.269. The van der Waals surface area contributed by atoms with Crippen molar-refractivity contribution in [2.75, 3.05) is 6.61 Å². The van der Waals surface area contributed by atoms with Crippen molar-refractivity contribution >= 4 is 29.6 Å². The molecule has 170 valence electrons. The first-order valence-corrected chi connectivity index (χ1v) is 11.5. The molecule has 1 aliphatic rings. The second-order valence-electron chi connectivity index (χ2n) is 8.06. The number of halogens is 1. The van der Waals surface area contributed by atoms with Gasteiger partial charge in [0.25, 0.3) is 5.91 Å². The molecular weight excluding hydrogens is 438 g/mol. The van der Waals surface area contributed by atoms with Crippen molar-refractivity contribution in [3.05, 3.63) is 77.5 Å². The number of carbonyl (C=O) groups is 2. The first-order chi connectivity index (χ1) is 16.1. The van der Waals surface area contributed by atoms with E-state index in [-0.39, 0.29) is 18.6 Å². The van der Waals surface area contributed by atoms with Gasteiger partial charge in [-0.15, -0.1) is 0 Å². The van der Waals surface area contributed by atoms with E-state index in [0.29, 0.717) is 10.7 Å². The van der Waals surface area contributed by atoms with Crippen LogP contribution in [0.25, 0.3) is 23.0 Å². The number of benzene rings is 2. The highest BCUT2D eigenvalue weighted by molar-refractivity contribution is 6.30. The van der Waals surface area contributed by atoms with Crippen molar-refractivity contribution in [2.24, 2.45) is 0 Å². The van der Waals surface area contributed by atoms with E-state index in [1.54, 1.807) is 22.9 Å². The van der Waals surface area contributed by atoms with E-state index in [4.69, 9.17) is 21.4 Å². The molecule has 4 rings (SSSR count). The first kappa shape index (κ1) is 22.8. The number of aromatic nitrogens is 2. The molecule has 7 heteroatoms. The molecule has 1 N–H and O–H groups in total. The number of ether oxygens (including phenoxy) is 1. The van der Waals surface area contributed by atoms with Gasteiger partial charge in [0.2, 0.25) is 0 Å². The van der Waals surface area contributed by atoms with Crippen LogP contribution in [0.15, 0.2) is 66.9 Å². The normalized spacial score (nSPS) is 14.3. The molecule has 1 saturated carbocycles. The Morgan fingerprint density at radius 2 is 1.79 bits per heavy atom. The highest BCUT2D eigenvalue weighted by Gasteiger charge is 2.16. The summed E-state index contributed by atoms with van der Waals surface area (Å²) in [5.74, 6) is -0.842. The Labute approximate surface area is 198 Å². The highest BCUT2D eigenvalue weighted by atomic mass is 35.5. The molecule has 0 spiro atoms. The first-order valence-electron chi connectivity index (χ1n) is 11.1. The number of nitrogens with zero attached hydrogens (tertiary/aromatic N) is 2. The minimum atomic E-state index is -0.580. The lowest BCUT2D eigenvalue weighted by Crippen LogP contribution is -2.38. The van der Waals surface area contributed by atoms with Gasteiger partial charge in [0, 0.05) is 34.5 Å². The Bertz CT molecular complexity index is 1120. The van der Waals surface area contributed by atoms with E-state index in [2.05, 4.69) is 5.32 Å². The Balaban J connectivity index is 1.45. The lowest BCUT2D eigenvalue weighted by atomic mass is 9.95. The van der Waals surface area contributed by atoms with Crippen LogP contribution in [-0.4, -0.2) is 34.3 Å². The zero-order valence-corrected chi connectivity index (χ0v) is 19.0. The van der Waals surface area contributed by atoms with E-state index in [0.717, 1.165) is 42.5 Å². The zero-order chi connectivity index (χ0) is 23.0. The number of amides is 1. The van der Waals surface area contributed by atoms with Gasteiger partial charge in [-0.2, -0.15) is 5.10 Å². The predicted molar refractivity (Wildman–Crippen MR) is 129 cm³/mol. The molecule has 1 amide bonds. The van der Waals surface area contributed by atoms with Crippen molar-refractivity contribution < 1.29 is 14.3 Å². The molecule has 0 unspecified atom stereocenters. The van der Waals surface area contributed by atoms with Crippen molar-refractivity contribution in [1.29, 1.82) is 0 Å². The Morgan fingerprint density at radius 1 is 1.06 bits per heavy atom. The van der Waals surface area contributed by atoms with Gasteiger partial charge in [-0.3, -0.25) is 4.79 Å². The number of carbonyl (C=O) groups excluding carboxylic acids is 2. The Kier molecular flexibility index (Phi) is 7.58. The maximum absolute atomic E-state index is 12.2. The number of para-hydroxylation sites is 1. The van der Waals surface area contributed by atoms with Gasteiger partial charge in [0.05, 0.1) is 11.4 Å². The lowest BCUT2D eigenvalue weighted by Gasteiger charge is -2.22. The third-order valence-electron chi connectivity index (χ3n) is 5.60. The molecule has 1 fully saturated rings. The van der Waals surface area contributed by atoms with Crippen molar-refractivity contribution in [2.45, 2.75) is 38.1 Å². The summed E-state index contributed by atoms with van der Waals surface area (Å²) >= 11 is 6.03. The van der Waals surface area contributed by atoms with Crippen LogP contribution in [0.2, 0.25) is 5.02 Å². The van der Waals surface area contributed by atoms with Gasteiger partial charge in [-0.05, 0) is 43.2 Å². The topological polar surface area (TPSA) is 73.2 Å². The predicted octanol–water partition coefficient (Wildman–Crippen LogP) is 5.20. The monoisotopic (exact) mass is 463 g/mol. The molecule has 1 aromatic heterocycles. The van der Waals surface area contributed by atoms with Gasteiger partial charge in [-0.1, -0.05) is 61.2 Å². The fourth-order valence-electron chi connectivity index (χ4n) is 3.91. The Hall–Kier alpha value is -3.38. The molecule has 0 aliphatic heterocycles. The third-order valence-corrected chi connectivity index (χ3v) is 5.85. The lowest BCUT2D eigenvalue weighted by molar-refractivity contribution is -0.144. The SMILES string of the molecule is O=C(COC(=O)/C=C/c1cn(-c2ccccc2)nc1-c1ccc(Cl)cc1)NC1CCCCC1. The van der Waals surface area contributed by atoms with Gasteiger partial charge in [-0.25, -0.2) is 9.48 Å². The molecule has 0 radical (unpaired) electrons. The second-order valence-corrected chi connectivity index (χ2v) is 8.50. The summed E-state index contributed by atoms with van der Waals surface area (Å²) in [5.41, 5.74) is 3.21. The molecule has 0 bridgehead atoms. The molecule has 0 atom stereocenters. The van der Waals surface area contributed by atoms with E-state index in [1.165, 1.54) is 12.5 Å². The molecule has 1 aliphatic carbocycles. The largest absolute Gasteiger partial charge is 0.452 e. The second kappa shape index (κ2) is 11.0. The van der Waals surface area contributed by atoms with Gasteiger partial charge in [0.1, 0.15) is 0 Å². The summed E-state index contributed by atoms with van der Waals surface area (Å²) in [6.07, 6.45) is 10.2. The van der Waals surface area contributed by atoms with Gasteiger partial charge < -0.3 is 10.1 Å². The highest BCUT2D eigenvalue weighted by Crippen LogP contribution is 2.26. The number of nitrogens with one attached hydrogen (secondary N) is 1. The van der Waals surface area contributed by atoms with E-state index >= 15 is 0 Å². The average molecular weight is 464 g/mol. The fourth-order valence-corrected chi connectivity index (χ4v) is 4.04. The molecule has 1 heterocycles. The summed E-state index contributed by atoms with van der Waals surface area (Å²) in [4.78, 5) is 24.3. The van der Waals surface area contributed by atoms with Crippen molar-refractivity contribution in [3.8, 4) is 16.9 Å². The summed E-state index contributed by atoms with van der Waals surface area (Å²) < 4.78 is 6.89. The van der Waals surface area contributed by atoms with Crippen LogP contribution < -0.4 is 5.32 Å². The van der Waals surface area contributed by atoms with Gasteiger partial charge in [0.15, 0.2) is 6.61 Å². The number of hydrogen-bond donors (Lipinski definition) is 1. The maximum Gasteiger partial charge on any atom is 0.331 e. The third kappa shape index (κ3) is 6.33. The zero-order valence-electron chi connectivity index (χ0n) is 18.2. The summed E-state index contributed by atoms with van der Waals surface area (Å²) in [6.45, 7) is -0.285. The van der Waals surface area contributed by atoms with Crippen molar-refractivity contribution in [3.63, 3.8) is 0 Å². The smallest absolute Gasteiger partial charge is 0.331 e. The number of rotatable bonds is 7. The van der Waals surface area contributed by atoms with Crippen LogP contribution in [0.1, 0.15) is 37.7 Å². The van der Waals surface area contributed by atoms with Crippen LogP contribution in [0.4, 0.5) is 0 Å². The molecule has 6 nitrogen and oxygen atoms in total. The minimum absolute atomic E-state index is 0.186. The molecule has 2 aromatic carbocycles. The maximum atomic E-state index is 12.2. The van der Waals surface area contributed by atoms with E-state index in [9.17, 15) is 9.59 Å². The van der Waals surface area contributed by atoms with Crippen LogP contribution in [0.3, 0.4) is 0 Å². The molecule has 0 saturated heterocycles. The van der Waals surface area contributed by atoms with Crippen LogP contribution in [0.5, 0.6) is 0 Å². The summed E-state index contributed by atoms with van der Waals surface area (Å²) in [5, 5.41) is 8.28. The van der Waals surface area contributed by atoms with Crippen molar-refractivity contribution in [1.82, 2.24) is 15.1 Å². The molecule has 33 heavy (non-hydrogen) atoms. The summed E-state index contributed by atoms with van der Waals surface area (Å²) in [7, 11) is 0. The van der Waals surface area contributed by atoms with E-state index < -0.39 is 5.97 Å². The Morgan fingerprint density at radius 3 is 2.52 bits per heavy atom. The van der Waals surface area contributed by atoms with Gasteiger partial charge >= 0.3 is 5.97 Å². The number of hydrogen-bond acceptors (Lipinski definition) is 4. The summed E-state index contributed by atoms with van der Waals surface area (Å²) in [6, 6.07) is 17.2. The quantitative estimate of drug-likeness (QED) is 0.386. The van der Waals surface area contributed by atoms with Crippen LogP contribution >= 0.6 is 11.6 Å². The van der Waals surface area contributed by atoms with Crippen LogP contribution in [0, 0.1) is 0 Å². The molecular formula is C26H26ClN3O3. The standard InChI is InChI=1S/C26H26ClN3O3/c27-21-14-11-19(12-15-21)26-20(17-30(29-26)23-9-5-2-6-10-23)13-16-25(32)33-18-24(31)28-22-7-3-1-4-8-22/h2,5-6,9-17,22H,1,3-4,7-8,18H2,(H,28,31)/b16-13+.